The minimum absolute atomic E-state index is 0.0190. The van der Waals surface area contributed by atoms with Gasteiger partial charge in [-0.1, -0.05) is 66.7 Å². The second-order valence-corrected chi connectivity index (χ2v) is 8.13. The van der Waals surface area contributed by atoms with E-state index in [0.717, 1.165) is 29.7 Å². The van der Waals surface area contributed by atoms with Gasteiger partial charge in [0.1, 0.15) is 0 Å². The summed E-state index contributed by atoms with van der Waals surface area (Å²) < 4.78 is 0. The van der Waals surface area contributed by atoms with Gasteiger partial charge in [-0.05, 0) is 65.9 Å². The Morgan fingerprint density at radius 3 is 2.24 bits per heavy atom. The third-order valence-electron chi connectivity index (χ3n) is 6.00. The maximum absolute atomic E-state index is 13.2. The molecule has 0 spiro atoms. The van der Waals surface area contributed by atoms with E-state index in [4.69, 9.17) is 0 Å². The number of rotatable bonds is 4. The maximum Gasteiger partial charge on any atom is 0.258 e. The van der Waals surface area contributed by atoms with E-state index in [0.29, 0.717) is 23.4 Å². The predicted octanol–water partition coefficient (Wildman–Crippen LogP) is 6.20. The number of nitrogens with one attached hydrogen (secondary N) is 1. The third-order valence-corrected chi connectivity index (χ3v) is 6.00. The molecular formula is C29H24N2O2. The van der Waals surface area contributed by atoms with Crippen LogP contribution in [0.3, 0.4) is 0 Å². The molecule has 0 aliphatic carbocycles. The molecule has 1 heterocycles. The summed E-state index contributed by atoms with van der Waals surface area (Å²) in [5.41, 5.74) is 5.93. The number of aryl methyl sites for hydroxylation is 1. The van der Waals surface area contributed by atoms with E-state index in [1.807, 2.05) is 77.7 Å². The number of anilines is 2. The SMILES string of the molecule is O=C(Nc1ccc(C(=O)N2CCCc3ccccc32)cc1)c1ccccc1-c1ccccc1. The lowest BCUT2D eigenvalue weighted by molar-refractivity contribution is 0.0984. The molecule has 0 aromatic heterocycles. The van der Waals surface area contributed by atoms with Crippen molar-refractivity contribution in [3.8, 4) is 11.1 Å². The van der Waals surface area contributed by atoms with Gasteiger partial charge in [-0.3, -0.25) is 9.59 Å². The highest BCUT2D eigenvalue weighted by Gasteiger charge is 2.23. The van der Waals surface area contributed by atoms with Gasteiger partial charge < -0.3 is 10.2 Å². The van der Waals surface area contributed by atoms with E-state index < -0.39 is 0 Å². The van der Waals surface area contributed by atoms with E-state index in [-0.39, 0.29) is 11.8 Å². The highest BCUT2D eigenvalue weighted by molar-refractivity contribution is 6.09. The molecule has 4 nitrogen and oxygen atoms in total. The number of amides is 2. The summed E-state index contributed by atoms with van der Waals surface area (Å²) in [4.78, 5) is 28.0. The molecular weight excluding hydrogens is 408 g/mol. The summed E-state index contributed by atoms with van der Waals surface area (Å²) in [5.74, 6) is -0.201. The standard InChI is InChI=1S/C29H24N2O2/c32-28(26-14-6-5-13-25(26)21-9-2-1-3-10-21)30-24-18-16-23(17-19-24)29(33)31-20-8-12-22-11-4-7-15-27(22)31/h1-7,9-11,13-19H,8,12,20H2,(H,30,32). The fraction of sp³-hybridized carbons (Fsp3) is 0.103. The zero-order chi connectivity index (χ0) is 22.6. The molecule has 0 atom stereocenters. The molecule has 0 unspecified atom stereocenters. The van der Waals surface area contributed by atoms with Gasteiger partial charge in [0.25, 0.3) is 11.8 Å². The minimum Gasteiger partial charge on any atom is -0.322 e. The van der Waals surface area contributed by atoms with Gasteiger partial charge in [0, 0.05) is 29.0 Å². The summed E-state index contributed by atoms with van der Waals surface area (Å²) in [7, 11) is 0. The van der Waals surface area contributed by atoms with Crippen molar-refractivity contribution in [3.63, 3.8) is 0 Å². The quantitative estimate of drug-likeness (QED) is 0.417. The average Bonchev–Trinajstić information content (AvgIpc) is 2.89. The fourth-order valence-corrected chi connectivity index (χ4v) is 4.35. The molecule has 4 aromatic carbocycles. The first-order chi connectivity index (χ1) is 16.2. The van der Waals surface area contributed by atoms with Crippen LogP contribution in [-0.2, 0) is 6.42 Å². The lowest BCUT2D eigenvalue weighted by atomic mass is 9.99. The Bertz CT molecular complexity index is 1300. The average molecular weight is 433 g/mol. The Morgan fingerprint density at radius 1 is 0.727 bits per heavy atom. The van der Waals surface area contributed by atoms with E-state index in [1.165, 1.54) is 5.56 Å². The van der Waals surface area contributed by atoms with Crippen molar-refractivity contribution in [1.82, 2.24) is 0 Å². The van der Waals surface area contributed by atoms with Crippen LogP contribution in [0.2, 0.25) is 0 Å². The van der Waals surface area contributed by atoms with Crippen molar-refractivity contribution in [3.05, 3.63) is 120 Å². The Hall–Kier alpha value is -4.18. The number of hydrogen-bond donors (Lipinski definition) is 1. The van der Waals surface area contributed by atoms with Crippen molar-refractivity contribution in [2.24, 2.45) is 0 Å². The molecule has 0 radical (unpaired) electrons. The van der Waals surface area contributed by atoms with Gasteiger partial charge in [-0.25, -0.2) is 0 Å². The van der Waals surface area contributed by atoms with E-state index >= 15 is 0 Å². The van der Waals surface area contributed by atoms with Gasteiger partial charge in [0.2, 0.25) is 0 Å². The molecule has 0 saturated heterocycles. The van der Waals surface area contributed by atoms with Crippen molar-refractivity contribution in [1.29, 1.82) is 0 Å². The van der Waals surface area contributed by atoms with Crippen LogP contribution in [0.4, 0.5) is 11.4 Å². The van der Waals surface area contributed by atoms with Crippen LogP contribution in [0.1, 0.15) is 32.7 Å². The topological polar surface area (TPSA) is 49.4 Å². The predicted molar refractivity (Wildman–Crippen MR) is 133 cm³/mol. The molecule has 2 amide bonds. The number of carbonyl (C=O) groups excluding carboxylic acids is 2. The number of para-hydroxylation sites is 1. The molecule has 4 heteroatoms. The van der Waals surface area contributed by atoms with Crippen LogP contribution < -0.4 is 10.2 Å². The van der Waals surface area contributed by atoms with Crippen molar-refractivity contribution in [2.45, 2.75) is 12.8 Å². The Labute approximate surface area is 193 Å². The van der Waals surface area contributed by atoms with Gasteiger partial charge in [0.15, 0.2) is 0 Å². The smallest absolute Gasteiger partial charge is 0.258 e. The van der Waals surface area contributed by atoms with Crippen LogP contribution in [0, 0.1) is 0 Å². The highest BCUT2D eigenvalue weighted by Crippen LogP contribution is 2.29. The third kappa shape index (κ3) is 4.28. The molecule has 0 saturated carbocycles. The van der Waals surface area contributed by atoms with Crippen LogP contribution >= 0.6 is 0 Å². The summed E-state index contributed by atoms with van der Waals surface area (Å²) in [6, 6.07) is 32.6. The number of hydrogen-bond acceptors (Lipinski definition) is 2. The molecule has 0 fully saturated rings. The molecule has 4 aromatic rings. The summed E-state index contributed by atoms with van der Waals surface area (Å²) in [6.45, 7) is 0.713. The van der Waals surface area contributed by atoms with Crippen molar-refractivity contribution in [2.75, 3.05) is 16.8 Å². The first-order valence-electron chi connectivity index (χ1n) is 11.2. The lowest BCUT2D eigenvalue weighted by Crippen LogP contribution is -2.35. The number of fused-ring (bicyclic) bond motifs is 1. The van der Waals surface area contributed by atoms with Crippen molar-refractivity contribution < 1.29 is 9.59 Å². The van der Waals surface area contributed by atoms with Gasteiger partial charge >= 0.3 is 0 Å². The molecule has 0 bridgehead atoms. The van der Waals surface area contributed by atoms with Crippen LogP contribution in [0.15, 0.2) is 103 Å². The van der Waals surface area contributed by atoms with Crippen molar-refractivity contribution >= 4 is 23.2 Å². The Balaban J connectivity index is 1.34. The zero-order valence-electron chi connectivity index (χ0n) is 18.2. The van der Waals surface area contributed by atoms with Crippen LogP contribution in [0.25, 0.3) is 11.1 Å². The van der Waals surface area contributed by atoms with E-state index in [9.17, 15) is 9.59 Å². The van der Waals surface area contributed by atoms with E-state index in [2.05, 4.69) is 11.4 Å². The number of nitrogens with zero attached hydrogens (tertiary/aromatic N) is 1. The summed E-state index contributed by atoms with van der Waals surface area (Å²) in [6.07, 6.45) is 1.95. The second kappa shape index (κ2) is 9.13. The normalized spacial score (nSPS) is 12.7. The zero-order valence-corrected chi connectivity index (χ0v) is 18.2. The molecule has 33 heavy (non-hydrogen) atoms. The van der Waals surface area contributed by atoms with Gasteiger partial charge in [0.05, 0.1) is 0 Å². The molecule has 1 aliphatic rings. The number of benzene rings is 4. The summed E-state index contributed by atoms with van der Waals surface area (Å²) >= 11 is 0. The van der Waals surface area contributed by atoms with Crippen LogP contribution in [-0.4, -0.2) is 18.4 Å². The number of carbonyl (C=O) groups is 2. The Kier molecular flexibility index (Phi) is 5.73. The second-order valence-electron chi connectivity index (χ2n) is 8.13. The highest BCUT2D eigenvalue weighted by atomic mass is 16.2. The van der Waals surface area contributed by atoms with Gasteiger partial charge in [-0.15, -0.1) is 0 Å². The minimum atomic E-state index is -0.182. The lowest BCUT2D eigenvalue weighted by Gasteiger charge is -2.29. The molecule has 1 aliphatic heterocycles. The molecule has 1 N–H and O–H groups in total. The first kappa shape index (κ1) is 20.7. The summed E-state index contributed by atoms with van der Waals surface area (Å²) in [5, 5.41) is 2.97. The van der Waals surface area contributed by atoms with E-state index in [1.54, 1.807) is 24.3 Å². The molecule has 5 rings (SSSR count). The monoisotopic (exact) mass is 432 g/mol. The van der Waals surface area contributed by atoms with Gasteiger partial charge in [-0.2, -0.15) is 0 Å². The fourth-order valence-electron chi connectivity index (χ4n) is 4.35. The molecule has 162 valence electrons. The largest absolute Gasteiger partial charge is 0.322 e. The Morgan fingerprint density at radius 2 is 1.42 bits per heavy atom. The van der Waals surface area contributed by atoms with Crippen LogP contribution in [0.5, 0.6) is 0 Å². The maximum atomic E-state index is 13.2. The first-order valence-corrected chi connectivity index (χ1v) is 11.2.